The SMILES string of the molecule is COc1ccc(C[C@@H](NC(=O)NCCC2CCCN2C)c2nc3ccccc3[nH]2)cc1. The van der Waals surface area contributed by atoms with Gasteiger partial charge in [0.05, 0.1) is 24.2 Å². The van der Waals surface area contributed by atoms with Gasteiger partial charge in [0.1, 0.15) is 11.6 Å². The summed E-state index contributed by atoms with van der Waals surface area (Å²) in [4.78, 5) is 23.2. The maximum absolute atomic E-state index is 12.7. The fourth-order valence-electron chi connectivity index (χ4n) is 4.26. The lowest BCUT2D eigenvalue weighted by atomic mass is 10.1. The molecule has 7 heteroatoms. The van der Waals surface area contributed by atoms with E-state index in [1.165, 1.54) is 12.8 Å². The number of nitrogens with one attached hydrogen (secondary N) is 3. The highest BCUT2D eigenvalue weighted by atomic mass is 16.5. The van der Waals surface area contributed by atoms with Crippen LogP contribution in [0.4, 0.5) is 4.79 Å². The standard InChI is InChI=1S/C24H31N5O2/c1-29-15-5-6-18(29)13-14-25-24(30)28-22(16-17-9-11-19(31-2)12-10-17)23-26-20-7-3-4-8-21(20)27-23/h3-4,7-12,18,22H,5-6,13-16H2,1-2H3,(H,26,27)(H2,25,28,30)/t18?,22-/m1/s1. The fourth-order valence-corrected chi connectivity index (χ4v) is 4.26. The lowest BCUT2D eigenvalue weighted by Gasteiger charge is -2.21. The molecular formula is C24H31N5O2. The van der Waals surface area contributed by atoms with Crippen LogP contribution in [0.25, 0.3) is 11.0 Å². The van der Waals surface area contributed by atoms with Crippen molar-refractivity contribution in [1.29, 1.82) is 0 Å². The van der Waals surface area contributed by atoms with Gasteiger partial charge >= 0.3 is 6.03 Å². The fraction of sp³-hybridized carbons (Fsp3) is 0.417. The van der Waals surface area contributed by atoms with Gasteiger partial charge in [0.2, 0.25) is 0 Å². The molecule has 1 aromatic heterocycles. The molecule has 1 aliphatic heterocycles. The van der Waals surface area contributed by atoms with Crippen molar-refractivity contribution in [3.8, 4) is 5.75 Å². The second-order valence-corrected chi connectivity index (χ2v) is 8.21. The molecule has 1 saturated heterocycles. The first-order valence-corrected chi connectivity index (χ1v) is 10.9. The number of hydrogen-bond acceptors (Lipinski definition) is 4. The smallest absolute Gasteiger partial charge is 0.315 e. The summed E-state index contributed by atoms with van der Waals surface area (Å²) >= 11 is 0. The van der Waals surface area contributed by atoms with Crippen LogP contribution in [-0.4, -0.2) is 54.2 Å². The minimum absolute atomic E-state index is 0.167. The number of benzene rings is 2. The molecular weight excluding hydrogens is 390 g/mol. The Morgan fingerprint density at radius 3 is 2.77 bits per heavy atom. The van der Waals surface area contributed by atoms with E-state index in [0.29, 0.717) is 19.0 Å². The number of nitrogens with zero attached hydrogens (tertiary/aromatic N) is 2. The van der Waals surface area contributed by atoms with E-state index < -0.39 is 0 Å². The van der Waals surface area contributed by atoms with Gasteiger partial charge in [-0.1, -0.05) is 24.3 Å². The van der Waals surface area contributed by atoms with Crippen LogP contribution in [0.1, 0.15) is 36.7 Å². The molecule has 31 heavy (non-hydrogen) atoms. The highest BCUT2D eigenvalue weighted by Gasteiger charge is 2.22. The van der Waals surface area contributed by atoms with E-state index in [4.69, 9.17) is 9.72 Å². The van der Waals surface area contributed by atoms with Crippen molar-refractivity contribution >= 4 is 17.1 Å². The highest BCUT2D eigenvalue weighted by molar-refractivity contribution is 5.76. The number of aromatic nitrogens is 2. The number of ether oxygens (including phenoxy) is 1. The number of aromatic amines is 1. The average molecular weight is 422 g/mol. The molecule has 0 aliphatic carbocycles. The largest absolute Gasteiger partial charge is 0.497 e. The molecule has 0 saturated carbocycles. The summed E-state index contributed by atoms with van der Waals surface area (Å²) in [7, 11) is 3.81. The lowest BCUT2D eigenvalue weighted by Crippen LogP contribution is -2.40. The van der Waals surface area contributed by atoms with E-state index in [0.717, 1.165) is 41.1 Å². The van der Waals surface area contributed by atoms with Crippen LogP contribution in [0.2, 0.25) is 0 Å². The Balaban J connectivity index is 1.44. The van der Waals surface area contributed by atoms with Crippen molar-refractivity contribution in [1.82, 2.24) is 25.5 Å². The third kappa shape index (κ3) is 5.35. The Bertz CT molecular complexity index is 968. The first-order chi connectivity index (χ1) is 15.1. The lowest BCUT2D eigenvalue weighted by molar-refractivity contribution is 0.233. The Morgan fingerprint density at radius 1 is 1.26 bits per heavy atom. The van der Waals surface area contributed by atoms with E-state index >= 15 is 0 Å². The summed E-state index contributed by atoms with van der Waals surface area (Å²) in [5.41, 5.74) is 2.95. The Kier molecular flexibility index (Phi) is 6.72. The maximum Gasteiger partial charge on any atom is 0.315 e. The molecule has 0 radical (unpaired) electrons. The van der Waals surface area contributed by atoms with Crippen molar-refractivity contribution in [3.05, 3.63) is 59.9 Å². The van der Waals surface area contributed by atoms with Gasteiger partial charge in [0.15, 0.2) is 0 Å². The number of H-pyrrole nitrogens is 1. The van der Waals surface area contributed by atoms with Crippen LogP contribution in [0, 0.1) is 0 Å². The Morgan fingerprint density at radius 2 is 2.06 bits per heavy atom. The van der Waals surface area contributed by atoms with Crippen molar-refractivity contribution in [2.24, 2.45) is 0 Å². The van der Waals surface area contributed by atoms with Gasteiger partial charge in [0, 0.05) is 12.6 Å². The van der Waals surface area contributed by atoms with Gasteiger partial charge in [-0.15, -0.1) is 0 Å². The van der Waals surface area contributed by atoms with Crippen LogP contribution in [0.3, 0.4) is 0 Å². The third-order valence-corrected chi connectivity index (χ3v) is 6.08. The molecule has 0 spiro atoms. The van der Waals surface area contributed by atoms with Crippen molar-refractivity contribution in [2.75, 3.05) is 27.2 Å². The van der Waals surface area contributed by atoms with Crippen molar-refractivity contribution in [3.63, 3.8) is 0 Å². The molecule has 2 amide bonds. The van der Waals surface area contributed by atoms with E-state index in [1.54, 1.807) is 7.11 Å². The summed E-state index contributed by atoms with van der Waals surface area (Å²) in [6.07, 6.45) is 4.04. The van der Waals surface area contributed by atoms with Gasteiger partial charge in [-0.05, 0) is 69.1 Å². The molecule has 2 aromatic carbocycles. The summed E-state index contributed by atoms with van der Waals surface area (Å²) < 4.78 is 5.26. The van der Waals surface area contributed by atoms with Crippen LogP contribution < -0.4 is 15.4 Å². The predicted octanol–water partition coefficient (Wildman–Crippen LogP) is 3.64. The second-order valence-electron chi connectivity index (χ2n) is 8.21. The normalized spacial score (nSPS) is 17.5. The van der Waals surface area contributed by atoms with Crippen LogP contribution in [0.15, 0.2) is 48.5 Å². The number of carbonyl (C=O) groups is 1. The number of carbonyl (C=O) groups excluding carboxylic acids is 1. The molecule has 2 heterocycles. The first-order valence-electron chi connectivity index (χ1n) is 10.9. The van der Waals surface area contributed by atoms with E-state index in [2.05, 4.69) is 27.6 Å². The molecule has 1 unspecified atom stereocenters. The second kappa shape index (κ2) is 9.83. The zero-order chi connectivity index (χ0) is 21.6. The van der Waals surface area contributed by atoms with Crippen LogP contribution >= 0.6 is 0 Å². The number of imidazole rings is 1. The number of likely N-dealkylation sites (tertiary alicyclic amines) is 1. The summed E-state index contributed by atoms with van der Waals surface area (Å²) in [5.74, 6) is 1.56. The molecule has 7 nitrogen and oxygen atoms in total. The molecule has 3 aromatic rings. The van der Waals surface area contributed by atoms with Crippen molar-refractivity contribution in [2.45, 2.75) is 37.8 Å². The molecule has 3 N–H and O–H groups in total. The Labute approximate surface area is 183 Å². The third-order valence-electron chi connectivity index (χ3n) is 6.08. The highest BCUT2D eigenvalue weighted by Crippen LogP contribution is 2.21. The summed E-state index contributed by atoms with van der Waals surface area (Å²) in [6.45, 7) is 1.81. The molecule has 0 bridgehead atoms. The van der Waals surface area contributed by atoms with Gasteiger partial charge in [-0.2, -0.15) is 0 Å². The molecule has 2 atom stereocenters. The topological polar surface area (TPSA) is 82.3 Å². The molecule has 1 aliphatic rings. The summed E-state index contributed by atoms with van der Waals surface area (Å²) in [5, 5.41) is 6.15. The van der Waals surface area contributed by atoms with Gasteiger partial charge in [-0.25, -0.2) is 9.78 Å². The number of urea groups is 1. The Hall–Kier alpha value is -3.06. The number of methoxy groups -OCH3 is 1. The van der Waals surface area contributed by atoms with Crippen molar-refractivity contribution < 1.29 is 9.53 Å². The number of fused-ring (bicyclic) bond motifs is 1. The van der Waals surface area contributed by atoms with E-state index in [1.807, 2.05) is 48.5 Å². The van der Waals surface area contributed by atoms with Crippen LogP contribution in [0.5, 0.6) is 5.75 Å². The van der Waals surface area contributed by atoms with Gasteiger partial charge in [0.25, 0.3) is 0 Å². The predicted molar refractivity (Wildman–Crippen MR) is 122 cm³/mol. The van der Waals surface area contributed by atoms with Crippen LogP contribution in [-0.2, 0) is 6.42 Å². The minimum Gasteiger partial charge on any atom is -0.497 e. The quantitative estimate of drug-likeness (QED) is 0.519. The number of rotatable bonds is 8. The zero-order valence-electron chi connectivity index (χ0n) is 18.2. The van der Waals surface area contributed by atoms with E-state index in [9.17, 15) is 4.79 Å². The number of hydrogen-bond donors (Lipinski definition) is 3. The zero-order valence-corrected chi connectivity index (χ0v) is 18.2. The maximum atomic E-state index is 12.7. The van der Waals surface area contributed by atoms with Gasteiger partial charge < -0.3 is 25.3 Å². The number of amides is 2. The first kappa shape index (κ1) is 21.2. The molecule has 1 fully saturated rings. The number of para-hydroxylation sites is 2. The van der Waals surface area contributed by atoms with Gasteiger partial charge in [-0.3, -0.25) is 0 Å². The average Bonchev–Trinajstić information content (AvgIpc) is 3.40. The molecule has 164 valence electrons. The minimum atomic E-state index is -0.269. The van der Waals surface area contributed by atoms with E-state index in [-0.39, 0.29) is 12.1 Å². The molecule has 4 rings (SSSR count). The summed E-state index contributed by atoms with van der Waals surface area (Å²) in [6, 6.07) is 15.9. The monoisotopic (exact) mass is 421 g/mol.